The molecule has 0 atom stereocenters. The normalized spacial score (nSPS) is 11.8. The van der Waals surface area contributed by atoms with Crippen molar-refractivity contribution >= 4 is 12.3 Å². The standard InChI is InChI=1S/C10H20N2O2/c1-6-7-8-11-12(5)9(13)14-10(2,3)4/h8H,6-7H2,1-5H3/b11-8+. The fourth-order valence-electron chi connectivity index (χ4n) is 0.684. The quantitative estimate of drug-likeness (QED) is 0.519. The van der Waals surface area contributed by atoms with E-state index in [-0.39, 0.29) is 0 Å². The fraction of sp³-hybridized carbons (Fsp3) is 0.800. The van der Waals surface area contributed by atoms with E-state index in [4.69, 9.17) is 4.74 Å². The molecule has 14 heavy (non-hydrogen) atoms. The first-order valence-electron chi connectivity index (χ1n) is 4.86. The Bertz CT molecular complexity index is 207. The van der Waals surface area contributed by atoms with Crippen LogP contribution in [0.25, 0.3) is 0 Å². The summed E-state index contributed by atoms with van der Waals surface area (Å²) in [4.78, 5) is 11.3. The monoisotopic (exact) mass is 200 g/mol. The lowest BCUT2D eigenvalue weighted by molar-refractivity contribution is 0.0304. The van der Waals surface area contributed by atoms with Gasteiger partial charge < -0.3 is 4.74 Å². The molecule has 0 aromatic heterocycles. The highest BCUT2D eigenvalue weighted by molar-refractivity contribution is 5.69. The average Bonchev–Trinajstić information content (AvgIpc) is 2.01. The molecule has 0 heterocycles. The molecular weight excluding hydrogens is 180 g/mol. The van der Waals surface area contributed by atoms with Gasteiger partial charge >= 0.3 is 6.09 Å². The summed E-state index contributed by atoms with van der Waals surface area (Å²) in [6.07, 6.45) is 3.17. The van der Waals surface area contributed by atoms with Crippen LogP contribution >= 0.6 is 0 Å². The number of carbonyl (C=O) groups is 1. The first-order chi connectivity index (χ1) is 6.37. The third kappa shape index (κ3) is 6.46. The van der Waals surface area contributed by atoms with Gasteiger partial charge in [0.05, 0.1) is 0 Å². The maximum Gasteiger partial charge on any atom is 0.430 e. The van der Waals surface area contributed by atoms with Gasteiger partial charge in [-0.3, -0.25) is 0 Å². The Morgan fingerprint density at radius 3 is 2.50 bits per heavy atom. The summed E-state index contributed by atoms with van der Waals surface area (Å²) in [6.45, 7) is 7.54. The van der Waals surface area contributed by atoms with Crippen molar-refractivity contribution < 1.29 is 9.53 Å². The van der Waals surface area contributed by atoms with E-state index in [1.807, 2.05) is 20.8 Å². The highest BCUT2D eigenvalue weighted by Gasteiger charge is 2.18. The van der Waals surface area contributed by atoms with Crippen LogP contribution in [-0.2, 0) is 4.74 Å². The van der Waals surface area contributed by atoms with Gasteiger partial charge in [-0.25, -0.2) is 9.80 Å². The zero-order chi connectivity index (χ0) is 11.2. The molecule has 0 aromatic carbocycles. The van der Waals surface area contributed by atoms with Crippen LogP contribution in [0.4, 0.5) is 4.79 Å². The molecule has 82 valence electrons. The lowest BCUT2D eigenvalue weighted by Gasteiger charge is -2.21. The Morgan fingerprint density at radius 2 is 2.07 bits per heavy atom. The van der Waals surface area contributed by atoms with Crippen molar-refractivity contribution in [1.82, 2.24) is 5.01 Å². The number of hydrazone groups is 1. The maximum absolute atomic E-state index is 11.3. The van der Waals surface area contributed by atoms with Crippen LogP contribution in [0.3, 0.4) is 0 Å². The van der Waals surface area contributed by atoms with E-state index in [0.717, 1.165) is 12.8 Å². The van der Waals surface area contributed by atoms with E-state index >= 15 is 0 Å². The Labute approximate surface area is 85.9 Å². The van der Waals surface area contributed by atoms with Gasteiger partial charge in [0, 0.05) is 13.3 Å². The molecule has 0 fully saturated rings. The molecule has 0 bridgehead atoms. The van der Waals surface area contributed by atoms with Crippen LogP contribution in [0.1, 0.15) is 40.5 Å². The summed E-state index contributed by atoms with van der Waals surface area (Å²) in [7, 11) is 1.58. The predicted molar refractivity (Wildman–Crippen MR) is 57.4 cm³/mol. The van der Waals surface area contributed by atoms with E-state index in [2.05, 4.69) is 12.0 Å². The number of ether oxygens (including phenoxy) is 1. The SMILES string of the molecule is CCC/C=N/N(C)C(=O)OC(C)(C)C. The van der Waals surface area contributed by atoms with Crippen molar-refractivity contribution in [2.45, 2.75) is 46.1 Å². The van der Waals surface area contributed by atoms with E-state index in [1.165, 1.54) is 5.01 Å². The van der Waals surface area contributed by atoms with Crippen LogP contribution in [0.15, 0.2) is 5.10 Å². The highest BCUT2D eigenvalue weighted by Crippen LogP contribution is 2.08. The molecule has 0 unspecified atom stereocenters. The molecule has 0 radical (unpaired) electrons. The second kappa shape index (κ2) is 5.62. The van der Waals surface area contributed by atoms with Gasteiger partial charge in [-0.05, 0) is 27.2 Å². The van der Waals surface area contributed by atoms with Crippen molar-refractivity contribution in [1.29, 1.82) is 0 Å². The molecule has 1 amide bonds. The number of hydrogen-bond acceptors (Lipinski definition) is 3. The smallest absolute Gasteiger partial charge is 0.430 e. The Kier molecular flexibility index (Phi) is 5.20. The summed E-state index contributed by atoms with van der Waals surface area (Å²) < 4.78 is 5.10. The van der Waals surface area contributed by atoms with Crippen molar-refractivity contribution in [2.24, 2.45) is 5.10 Å². The van der Waals surface area contributed by atoms with Gasteiger partial charge in [0.15, 0.2) is 0 Å². The summed E-state index contributed by atoms with van der Waals surface area (Å²) >= 11 is 0. The number of carbonyl (C=O) groups excluding carboxylic acids is 1. The molecule has 4 nitrogen and oxygen atoms in total. The Balaban J connectivity index is 4.00. The van der Waals surface area contributed by atoms with Gasteiger partial charge in [-0.2, -0.15) is 5.10 Å². The molecule has 0 N–H and O–H groups in total. The lowest BCUT2D eigenvalue weighted by atomic mass is 10.2. The highest BCUT2D eigenvalue weighted by atomic mass is 16.6. The second-order valence-corrected chi connectivity index (χ2v) is 4.09. The number of unbranched alkanes of at least 4 members (excludes halogenated alkanes) is 1. The van der Waals surface area contributed by atoms with E-state index in [1.54, 1.807) is 13.3 Å². The molecule has 0 aliphatic carbocycles. The van der Waals surface area contributed by atoms with Crippen molar-refractivity contribution in [3.05, 3.63) is 0 Å². The number of nitrogens with zero attached hydrogens (tertiary/aromatic N) is 2. The molecule has 0 spiro atoms. The van der Waals surface area contributed by atoms with Crippen LogP contribution in [-0.4, -0.2) is 30.0 Å². The number of hydrogen-bond donors (Lipinski definition) is 0. The van der Waals surface area contributed by atoms with Gasteiger partial charge in [-0.15, -0.1) is 0 Å². The minimum atomic E-state index is -0.467. The van der Waals surface area contributed by atoms with Crippen molar-refractivity contribution in [2.75, 3.05) is 7.05 Å². The maximum atomic E-state index is 11.3. The Hall–Kier alpha value is -1.06. The van der Waals surface area contributed by atoms with E-state index in [0.29, 0.717) is 0 Å². The summed E-state index contributed by atoms with van der Waals surface area (Å²) in [6, 6.07) is 0. The van der Waals surface area contributed by atoms with Crippen LogP contribution in [0.2, 0.25) is 0 Å². The molecule has 0 aromatic rings. The Morgan fingerprint density at radius 1 is 1.50 bits per heavy atom. The molecule has 0 saturated carbocycles. The van der Waals surface area contributed by atoms with Crippen LogP contribution in [0.5, 0.6) is 0 Å². The van der Waals surface area contributed by atoms with Gasteiger partial charge in [-0.1, -0.05) is 13.3 Å². The zero-order valence-electron chi connectivity index (χ0n) is 9.70. The van der Waals surface area contributed by atoms with Gasteiger partial charge in [0.1, 0.15) is 5.60 Å². The zero-order valence-corrected chi connectivity index (χ0v) is 9.70. The molecule has 0 aliphatic rings. The number of rotatable bonds is 3. The third-order valence-electron chi connectivity index (χ3n) is 1.33. The molecule has 4 heteroatoms. The second-order valence-electron chi connectivity index (χ2n) is 4.09. The van der Waals surface area contributed by atoms with Crippen LogP contribution in [0, 0.1) is 0 Å². The lowest BCUT2D eigenvalue weighted by Crippen LogP contribution is -2.31. The average molecular weight is 200 g/mol. The number of amides is 1. The molecular formula is C10H20N2O2. The fourth-order valence-corrected chi connectivity index (χ4v) is 0.684. The summed E-state index contributed by atoms with van der Waals surface area (Å²) in [5.74, 6) is 0. The van der Waals surface area contributed by atoms with Crippen LogP contribution < -0.4 is 0 Å². The predicted octanol–water partition coefficient (Wildman–Crippen LogP) is 2.64. The first kappa shape index (κ1) is 12.9. The van der Waals surface area contributed by atoms with Crippen molar-refractivity contribution in [3.8, 4) is 0 Å². The van der Waals surface area contributed by atoms with Gasteiger partial charge in [0.2, 0.25) is 0 Å². The molecule has 0 saturated heterocycles. The molecule has 0 aliphatic heterocycles. The van der Waals surface area contributed by atoms with E-state index in [9.17, 15) is 4.79 Å². The first-order valence-corrected chi connectivity index (χ1v) is 4.86. The van der Waals surface area contributed by atoms with E-state index < -0.39 is 11.7 Å². The minimum absolute atomic E-state index is 0.426. The largest absolute Gasteiger partial charge is 0.442 e. The van der Waals surface area contributed by atoms with Crippen molar-refractivity contribution in [3.63, 3.8) is 0 Å². The minimum Gasteiger partial charge on any atom is -0.442 e. The summed E-state index contributed by atoms with van der Waals surface area (Å²) in [5.41, 5.74) is -0.467. The third-order valence-corrected chi connectivity index (χ3v) is 1.33. The topological polar surface area (TPSA) is 41.9 Å². The summed E-state index contributed by atoms with van der Waals surface area (Å²) in [5, 5.41) is 5.14. The van der Waals surface area contributed by atoms with Gasteiger partial charge in [0.25, 0.3) is 0 Å². The molecule has 0 rings (SSSR count).